The lowest BCUT2D eigenvalue weighted by molar-refractivity contribution is -0.0474. The van der Waals surface area contributed by atoms with E-state index in [1.54, 1.807) is 0 Å². The first-order chi connectivity index (χ1) is 11.6. The van der Waals surface area contributed by atoms with Gasteiger partial charge in [-0.15, -0.1) is 0 Å². The monoisotopic (exact) mass is 325 g/mol. The average molecular weight is 325 g/mol. The Kier molecular flexibility index (Phi) is 5.34. The number of rotatable bonds is 6. The predicted molar refractivity (Wildman–Crippen MR) is 96.7 cm³/mol. The molecule has 0 aromatic heterocycles. The Morgan fingerprint density at radius 2 is 1.67 bits per heavy atom. The second-order valence-corrected chi connectivity index (χ2v) is 7.15. The van der Waals surface area contributed by atoms with Crippen LogP contribution in [-0.4, -0.2) is 34.8 Å². The molecule has 0 radical (unpaired) electrons. The molecule has 0 amide bonds. The number of aryl methyl sites for hydroxylation is 1. The number of nitrogens with zero attached hydrogens (tertiary/aromatic N) is 1. The second kappa shape index (κ2) is 7.47. The lowest BCUT2D eigenvalue weighted by Gasteiger charge is -2.39. The zero-order valence-corrected chi connectivity index (χ0v) is 14.6. The lowest BCUT2D eigenvalue weighted by Crippen LogP contribution is -2.44. The largest absolute Gasteiger partial charge is 0.394 e. The molecule has 1 aliphatic heterocycles. The van der Waals surface area contributed by atoms with Crippen molar-refractivity contribution < 1.29 is 9.84 Å². The summed E-state index contributed by atoms with van der Waals surface area (Å²) in [5.74, 6) is 0. The summed E-state index contributed by atoms with van der Waals surface area (Å²) in [7, 11) is 0. The first-order valence-electron chi connectivity index (χ1n) is 8.72. The van der Waals surface area contributed by atoms with E-state index in [4.69, 9.17) is 4.74 Å². The van der Waals surface area contributed by atoms with Gasteiger partial charge in [0.05, 0.1) is 12.7 Å². The Balaban J connectivity index is 1.76. The standard InChI is InChI=1S/C21H27NO2/c1-21(2,14-13-17-9-5-3-6-10-17)22-15-19(16-23)24-20(22)18-11-7-4-8-12-18/h3-12,19-20,23H,13-16H2,1-2H3. The number of benzene rings is 2. The number of ether oxygens (including phenoxy) is 1. The first kappa shape index (κ1) is 17.2. The molecule has 1 N–H and O–H groups in total. The van der Waals surface area contributed by atoms with E-state index in [1.165, 1.54) is 5.56 Å². The van der Waals surface area contributed by atoms with Gasteiger partial charge in [-0.05, 0) is 37.8 Å². The Bertz CT molecular complexity index is 627. The predicted octanol–water partition coefficient (Wildman–Crippen LogP) is 3.79. The lowest BCUT2D eigenvalue weighted by atomic mass is 9.92. The third-order valence-corrected chi connectivity index (χ3v) is 4.94. The van der Waals surface area contributed by atoms with Crippen LogP contribution in [0.1, 0.15) is 37.6 Å². The first-order valence-corrected chi connectivity index (χ1v) is 8.72. The van der Waals surface area contributed by atoms with Crippen LogP contribution < -0.4 is 0 Å². The molecular formula is C21H27NO2. The summed E-state index contributed by atoms with van der Waals surface area (Å²) in [4.78, 5) is 2.40. The molecule has 1 aliphatic rings. The Morgan fingerprint density at radius 3 is 2.29 bits per heavy atom. The molecule has 2 atom stereocenters. The van der Waals surface area contributed by atoms with Crippen LogP contribution in [0, 0.1) is 0 Å². The summed E-state index contributed by atoms with van der Waals surface area (Å²) in [5, 5.41) is 9.57. The summed E-state index contributed by atoms with van der Waals surface area (Å²) in [6, 6.07) is 20.9. The molecule has 2 aromatic rings. The van der Waals surface area contributed by atoms with Gasteiger partial charge in [-0.3, -0.25) is 4.90 Å². The van der Waals surface area contributed by atoms with Gasteiger partial charge in [0.15, 0.2) is 0 Å². The molecule has 0 spiro atoms. The van der Waals surface area contributed by atoms with Crippen molar-refractivity contribution in [2.45, 2.75) is 44.6 Å². The van der Waals surface area contributed by atoms with Crippen molar-refractivity contribution in [3.8, 4) is 0 Å². The van der Waals surface area contributed by atoms with Crippen LogP contribution in [0.3, 0.4) is 0 Å². The topological polar surface area (TPSA) is 32.7 Å². The van der Waals surface area contributed by atoms with Crippen LogP contribution in [0.5, 0.6) is 0 Å². The van der Waals surface area contributed by atoms with E-state index in [0.717, 1.165) is 24.9 Å². The van der Waals surface area contributed by atoms with Crippen LogP contribution in [-0.2, 0) is 11.2 Å². The highest BCUT2D eigenvalue weighted by atomic mass is 16.5. The molecule has 0 aliphatic carbocycles. The van der Waals surface area contributed by atoms with Crippen molar-refractivity contribution in [2.75, 3.05) is 13.2 Å². The van der Waals surface area contributed by atoms with E-state index in [0.29, 0.717) is 0 Å². The molecule has 1 heterocycles. The average Bonchev–Trinajstić information content (AvgIpc) is 3.07. The van der Waals surface area contributed by atoms with Gasteiger partial charge in [0.1, 0.15) is 6.23 Å². The molecule has 24 heavy (non-hydrogen) atoms. The fourth-order valence-electron chi connectivity index (χ4n) is 3.39. The van der Waals surface area contributed by atoms with Crippen LogP contribution in [0.25, 0.3) is 0 Å². The Hall–Kier alpha value is -1.68. The van der Waals surface area contributed by atoms with Crippen molar-refractivity contribution in [3.05, 3.63) is 71.8 Å². The molecule has 1 saturated heterocycles. The van der Waals surface area contributed by atoms with Crippen molar-refractivity contribution in [2.24, 2.45) is 0 Å². The zero-order chi connectivity index (χ0) is 17.0. The van der Waals surface area contributed by atoms with Crippen LogP contribution in [0.15, 0.2) is 60.7 Å². The summed E-state index contributed by atoms with van der Waals surface area (Å²) >= 11 is 0. The minimum absolute atomic E-state index is 0.0136. The van der Waals surface area contributed by atoms with E-state index in [9.17, 15) is 5.11 Å². The minimum Gasteiger partial charge on any atom is -0.394 e. The van der Waals surface area contributed by atoms with Gasteiger partial charge in [0, 0.05) is 12.1 Å². The van der Waals surface area contributed by atoms with Gasteiger partial charge in [0.2, 0.25) is 0 Å². The number of hydrogen-bond acceptors (Lipinski definition) is 3. The highest BCUT2D eigenvalue weighted by Crippen LogP contribution is 2.37. The van der Waals surface area contributed by atoms with Crippen molar-refractivity contribution in [3.63, 3.8) is 0 Å². The smallest absolute Gasteiger partial charge is 0.137 e. The third kappa shape index (κ3) is 3.86. The maximum absolute atomic E-state index is 9.57. The number of aliphatic hydroxyl groups excluding tert-OH is 1. The molecule has 2 aromatic carbocycles. The Labute approximate surface area is 144 Å². The van der Waals surface area contributed by atoms with E-state index in [2.05, 4.69) is 61.2 Å². The highest BCUT2D eigenvalue weighted by Gasteiger charge is 2.41. The molecule has 0 bridgehead atoms. The normalized spacial score (nSPS) is 22.0. The molecule has 3 heteroatoms. The van der Waals surface area contributed by atoms with Gasteiger partial charge in [-0.2, -0.15) is 0 Å². The van der Waals surface area contributed by atoms with Gasteiger partial charge in [-0.25, -0.2) is 0 Å². The van der Waals surface area contributed by atoms with Gasteiger partial charge in [0.25, 0.3) is 0 Å². The van der Waals surface area contributed by atoms with E-state index < -0.39 is 0 Å². The van der Waals surface area contributed by atoms with Gasteiger partial charge in [-0.1, -0.05) is 60.7 Å². The SMILES string of the molecule is CC(C)(CCc1ccccc1)N1CC(CO)OC1c1ccccc1. The van der Waals surface area contributed by atoms with E-state index >= 15 is 0 Å². The van der Waals surface area contributed by atoms with Crippen molar-refractivity contribution in [1.29, 1.82) is 0 Å². The highest BCUT2D eigenvalue weighted by molar-refractivity contribution is 5.20. The summed E-state index contributed by atoms with van der Waals surface area (Å²) < 4.78 is 6.12. The number of aliphatic hydroxyl groups is 1. The maximum Gasteiger partial charge on any atom is 0.137 e. The molecular weight excluding hydrogens is 298 g/mol. The fraction of sp³-hybridized carbons (Fsp3) is 0.429. The molecule has 2 unspecified atom stereocenters. The van der Waals surface area contributed by atoms with Gasteiger partial charge >= 0.3 is 0 Å². The zero-order valence-electron chi connectivity index (χ0n) is 14.6. The molecule has 3 rings (SSSR count). The number of hydrogen-bond donors (Lipinski definition) is 1. The third-order valence-electron chi connectivity index (χ3n) is 4.94. The molecule has 0 saturated carbocycles. The second-order valence-electron chi connectivity index (χ2n) is 7.15. The van der Waals surface area contributed by atoms with Crippen LogP contribution >= 0.6 is 0 Å². The Morgan fingerprint density at radius 1 is 1.04 bits per heavy atom. The minimum atomic E-state index is -0.119. The quantitative estimate of drug-likeness (QED) is 0.877. The molecule has 128 valence electrons. The van der Waals surface area contributed by atoms with Crippen LogP contribution in [0.4, 0.5) is 0 Å². The maximum atomic E-state index is 9.57. The van der Waals surface area contributed by atoms with Crippen molar-refractivity contribution in [1.82, 2.24) is 4.90 Å². The van der Waals surface area contributed by atoms with Crippen molar-refractivity contribution >= 4 is 0 Å². The van der Waals surface area contributed by atoms with E-state index in [-0.39, 0.29) is 24.5 Å². The molecule has 3 nitrogen and oxygen atoms in total. The van der Waals surface area contributed by atoms with Gasteiger partial charge < -0.3 is 9.84 Å². The summed E-state index contributed by atoms with van der Waals surface area (Å²) in [5.41, 5.74) is 2.50. The summed E-state index contributed by atoms with van der Waals surface area (Å²) in [6.07, 6.45) is 1.87. The summed E-state index contributed by atoms with van der Waals surface area (Å²) in [6.45, 7) is 5.37. The fourth-order valence-corrected chi connectivity index (χ4v) is 3.39. The molecule has 1 fully saturated rings. The van der Waals surface area contributed by atoms with E-state index in [1.807, 2.05) is 18.2 Å². The van der Waals surface area contributed by atoms with Crippen LogP contribution in [0.2, 0.25) is 0 Å².